The second-order valence-electron chi connectivity index (χ2n) is 5.12. The molecule has 0 radical (unpaired) electrons. The molecular weight excluding hydrogens is 252 g/mol. The van der Waals surface area contributed by atoms with E-state index in [1.165, 1.54) is 48.8 Å². The van der Waals surface area contributed by atoms with Crippen molar-refractivity contribution in [3.05, 3.63) is 29.3 Å². The van der Waals surface area contributed by atoms with Gasteiger partial charge < -0.3 is 5.32 Å². The highest BCUT2D eigenvalue weighted by Crippen LogP contribution is 2.25. The van der Waals surface area contributed by atoms with Crippen LogP contribution in [0.15, 0.2) is 23.7 Å². The van der Waals surface area contributed by atoms with Crippen molar-refractivity contribution in [1.82, 2.24) is 10.3 Å². The molecule has 0 aliphatic heterocycles. The molecule has 2 nitrogen and oxygen atoms in total. The molecular formula is C16H24N2S. The predicted molar refractivity (Wildman–Crippen MR) is 84.8 cm³/mol. The summed E-state index contributed by atoms with van der Waals surface area (Å²) in [6, 6.07) is 4.82. The first kappa shape index (κ1) is 14.5. The Hall–Kier alpha value is -0.930. The van der Waals surface area contributed by atoms with E-state index in [1.807, 2.05) is 6.20 Å². The maximum atomic E-state index is 4.54. The first-order chi connectivity index (χ1) is 9.35. The van der Waals surface area contributed by atoms with Crippen molar-refractivity contribution in [2.24, 2.45) is 0 Å². The number of thiophene rings is 1. The van der Waals surface area contributed by atoms with Crippen molar-refractivity contribution in [1.29, 1.82) is 0 Å². The lowest BCUT2D eigenvalue weighted by atomic mass is 10.0. The fourth-order valence-electron chi connectivity index (χ4n) is 2.48. The highest BCUT2D eigenvalue weighted by atomic mass is 32.1. The number of rotatable bonds is 8. The third-order valence-corrected chi connectivity index (χ3v) is 4.52. The highest BCUT2D eigenvalue weighted by molar-refractivity contribution is 7.17. The molecule has 104 valence electrons. The van der Waals surface area contributed by atoms with Gasteiger partial charge in [-0.3, -0.25) is 4.98 Å². The molecule has 19 heavy (non-hydrogen) atoms. The van der Waals surface area contributed by atoms with Gasteiger partial charge in [-0.15, -0.1) is 11.3 Å². The van der Waals surface area contributed by atoms with Crippen LogP contribution < -0.4 is 5.32 Å². The van der Waals surface area contributed by atoms with Crippen molar-refractivity contribution in [2.45, 2.75) is 51.5 Å². The number of aromatic nitrogens is 1. The van der Waals surface area contributed by atoms with E-state index >= 15 is 0 Å². The molecule has 0 aliphatic carbocycles. The Labute approximate surface area is 120 Å². The summed E-state index contributed by atoms with van der Waals surface area (Å²) in [7, 11) is 2.05. The Balaban J connectivity index is 1.92. The van der Waals surface area contributed by atoms with Gasteiger partial charge in [0, 0.05) is 12.2 Å². The lowest BCUT2D eigenvalue weighted by molar-refractivity contribution is 0.500. The first-order valence-electron chi connectivity index (χ1n) is 7.35. The molecule has 0 aromatic carbocycles. The van der Waals surface area contributed by atoms with E-state index in [2.05, 4.69) is 41.8 Å². The van der Waals surface area contributed by atoms with Gasteiger partial charge in [0.15, 0.2) is 0 Å². The minimum absolute atomic E-state index is 0.445. The van der Waals surface area contributed by atoms with Gasteiger partial charge in [0.25, 0.3) is 0 Å². The Kier molecular flexibility index (Phi) is 5.80. The lowest BCUT2D eigenvalue weighted by Gasteiger charge is -2.16. The van der Waals surface area contributed by atoms with Crippen LogP contribution in [0.3, 0.4) is 0 Å². The van der Waals surface area contributed by atoms with E-state index < -0.39 is 0 Å². The van der Waals surface area contributed by atoms with Gasteiger partial charge in [-0.05, 0) is 36.5 Å². The molecule has 0 fully saturated rings. The van der Waals surface area contributed by atoms with Crippen LogP contribution >= 0.6 is 11.3 Å². The van der Waals surface area contributed by atoms with Crippen LogP contribution in [-0.4, -0.2) is 12.0 Å². The number of fused-ring (bicyclic) bond motifs is 1. The zero-order valence-electron chi connectivity index (χ0n) is 12.0. The highest BCUT2D eigenvalue weighted by Gasteiger charge is 2.10. The molecule has 0 amide bonds. The Bertz CT molecular complexity index is 492. The van der Waals surface area contributed by atoms with Gasteiger partial charge in [0.05, 0.1) is 10.2 Å². The topological polar surface area (TPSA) is 24.9 Å². The molecule has 0 bridgehead atoms. The summed E-state index contributed by atoms with van der Waals surface area (Å²) < 4.78 is 1.30. The summed E-state index contributed by atoms with van der Waals surface area (Å²) in [6.07, 6.45) is 9.94. The molecule has 0 saturated carbocycles. The average Bonchev–Trinajstić information content (AvgIpc) is 2.90. The van der Waals surface area contributed by atoms with Crippen LogP contribution in [0.1, 0.15) is 57.1 Å². The Morgan fingerprint density at radius 3 is 2.89 bits per heavy atom. The standard InChI is InChI=1S/C16H24N2S/c1-3-4-5-6-7-8-14(17-2)13-11-16-15(18-12-13)9-10-19-16/h9-12,14,17H,3-8H2,1-2H3. The van der Waals surface area contributed by atoms with E-state index in [4.69, 9.17) is 0 Å². The van der Waals surface area contributed by atoms with Crippen LogP contribution in [0, 0.1) is 0 Å². The number of unbranched alkanes of at least 4 members (excludes halogenated alkanes) is 4. The fourth-order valence-corrected chi connectivity index (χ4v) is 3.27. The van der Waals surface area contributed by atoms with Gasteiger partial charge in [0.2, 0.25) is 0 Å². The second-order valence-corrected chi connectivity index (χ2v) is 6.06. The summed E-state index contributed by atoms with van der Waals surface area (Å²) in [4.78, 5) is 4.54. The van der Waals surface area contributed by atoms with E-state index in [0.717, 1.165) is 5.52 Å². The monoisotopic (exact) mass is 276 g/mol. The number of hydrogen-bond donors (Lipinski definition) is 1. The van der Waals surface area contributed by atoms with Crippen LogP contribution in [0.2, 0.25) is 0 Å². The van der Waals surface area contributed by atoms with Crippen LogP contribution in [0.5, 0.6) is 0 Å². The van der Waals surface area contributed by atoms with E-state index in [-0.39, 0.29) is 0 Å². The first-order valence-corrected chi connectivity index (χ1v) is 8.23. The molecule has 0 spiro atoms. The summed E-state index contributed by atoms with van der Waals surface area (Å²) in [5.74, 6) is 0. The van der Waals surface area contributed by atoms with Gasteiger partial charge >= 0.3 is 0 Å². The summed E-state index contributed by atoms with van der Waals surface area (Å²) in [5.41, 5.74) is 2.44. The molecule has 2 heterocycles. The smallest absolute Gasteiger partial charge is 0.0809 e. The van der Waals surface area contributed by atoms with Crippen LogP contribution in [0.25, 0.3) is 10.2 Å². The van der Waals surface area contributed by atoms with Crippen molar-refractivity contribution in [3.63, 3.8) is 0 Å². The molecule has 0 aliphatic rings. The average molecular weight is 276 g/mol. The predicted octanol–water partition coefficient (Wildman–Crippen LogP) is 4.92. The molecule has 1 unspecified atom stereocenters. The largest absolute Gasteiger partial charge is 0.313 e. The SMILES string of the molecule is CCCCCCCC(NC)c1cnc2ccsc2c1. The molecule has 1 atom stereocenters. The summed E-state index contributed by atoms with van der Waals surface area (Å²) >= 11 is 1.77. The minimum Gasteiger partial charge on any atom is -0.313 e. The second kappa shape index (κ2) is 7.61. The third-order valence-electron chi connectivity index (χ3n) is 3.67. The van der Waals surface area contributed by atoms with Crippen LogP contribution in [0.4, 0.5) is 0 Å². The summed E-state index contributed by atoms with van der Waals surface area (Å²) in [5, 5.41) is 5.54. The quantitative estimate of drug-likeness (QED) is 0.692. The van der Waals surface area contributed by atoms with Gasteiger partial charge in [-0.1, -0.05) is 39.0 Å². The van der Waals surface area contributed by atoms with Crippen molar-refractivity contribution >= 4 is 21.6 Å². The summed E-state index contributed by atoms with van der Waals surface area (Å²) in [6.45, 7) is 2.26. The van der Waals surface area contributed by atoms with Gasteiger partial charge in [-0.25, -0.2) is 0 Å². The number of hydrogen-bond acceptors (Lipinski definition) is 3. The fraction of sp³-hybridized carbons (Fsp3) is 0.562. The maximum Gasteiger partial charge on any atom is 0.0809 e. The minimum atomic E-state index is 0.445. The number of nitrogens with zero attached hydrogens (tertiary/aromatic N) is 1. The van der Waals surface area contributed by atoms with Gasteiger partial charge in [-0.2, -0.15) is 0 Å². The number of pyridine rings is 1. The van der Waals surface area contributed by atoms with Crippen molar-refractivity contribution in [2.75, 3.05) is 7.05 Å². The Morgan fingerprint density at radius 1 is 1.26 bits per heavy atom. The molecule has 2 aromatic rings. The lowest BCUT2D eigenvalue weighted by Crippen LogP contribution is -2.16. The van der Waals surface area contributed by atoms with Crippen molar-refractivity contribution in [3.8, 4) is 0 Å². The molecule has 2 rings (SSSR count). The normalized spacial score (nSPS) is 12.9. The molecule has 0 saturated heterocycles. The number of nitrogens with one attached hydrogen (secondary N) is 1. The molecule has 1 N–H and O–H groups in total. The Morgan fingerprint density at radius 2 is 2.11 bits per heavy atom. The molecule has 2 aromatic heterocycles. The van der Waals surface area contributed by atoms with Crippen molar-refractivity contribution < 1.29 is 0 Å². The van der Waals surface area contributed by atoms with E-state index in [9.17, 15) is 0 Å². The third kappa shape index (κ3) is 4.02. The zero-order valence-corrected chi connectivity index (χ0v) is 12.8. The van der Waals surface area contributed by atoms with E-state index in [1.54, 1.807) is 11.3 Å². The van der Waals surface area contributed by atoms with E-state index in [0.29, 0.717) is 6.04 Å². The van der Waals surface area contributed by atoms with Crippen LogP contribution in [-0.2, 0) is 0 Å². The molecule has 3 heteroatoms. The zero-order chi connectivity index (χ0) is 13.5. The maximum absolute atomic E-state index is 4.54. The van der Waals surface area contributed by atoms with Gasteiger partial charge in [0.1, 0.15) is 0 Å².